The summed E-state index contributed by atoms with van der Waals surface area (Å²) < 4.78 is 12.3. The number of hydrogen-bond donors (Lipinski definition) is 0. The Hall–Kier alpha value is -10.9. The Morgan fingerprint density at radius 3 is 1.27 bits per heavy atom. The second-order valence-electron chi connectivity index (χ2n) is 21.9. The van der Waals surface area contributed by atoms with E-state index in [9.17, 15) is 0 Å². The number of nitrogens with zero attached hydrogens (tertiary/aromatic N) is 3. The highest BCUT2D eigenvalue weighted by Gasteiger charge is 2.47. The van der Waals surface area contributed by atoms with Gasteiger partial charge < -0.3 is 18.5 Å². The van der Waals surface area contributed by atoms with Crippen molar-refractivity contribution in [2.75, 3.05) is 4.90 Å². The largest absolute Gasteiger partial charge is 0.453 e. The van der Waals surface area contributed by atoms with Gasteiger partial charge in [-0.3, -0.25) is 0 Å². The van der Waals surface area contributed by atoms with Crippen LogP contribution in [0.4, 0.5) is 17.1 Å². The minimum atomic E-state index is -0.549. The van der Waals surface area contributed by atoms with Gasteiger partial charge in [-0.1, -0.05) is 218 Å². The third kappa shape index (κ3) is 7.06. The molecule has 0 amide bonds. The zero-order valence-electron chi connectivity index (χ0n) is 45.2. The summed E-state index contributed by atoms with van der Waals surface area (Å²) in [4.78, 5) is 2.37. The molecule has 13 aromatic carbocycles. The molecule has 1 aliphatic rings. The molecule has 3 aromatic heterocycles. The molecule has 0 saturated carbocycles. The Labute approximate surface area is 480 Å². The zero-order valence-corrected chi connectivity index (χ0v) is 45.2. The van der Waals surface area contributed by atoms with Crippen LogP contribution >= 0.6 is 0 Å². The molecule has 4 heteroatoms. The van der Waals surface area contributed by atoms with Gasteiger partial charge in [-0.05, 0) is 141 Å². The van der Waals surface area contributed by atoms with Crippen molar-refractivity contribution in [2.45, 2.75) is 5.41 Å². The number of hydrogen-bond acceptors (Lipinski definition) is 2. The standard InChI is InChI=1S/C79H51N3O/c1-5-20-56(21-6-1)79(57-22-7-2-8-23-57)69-32-16-13-30-66(69)76-70(79)47-46-65-64-31-19-35-75(77(64)83-78(65)76)80(60-42-36-52(37-43-60)54-40-48-73-67(50-54)62-28-14-17-33-71(62)81(73)58-24-9-3-10-25-58)61-44-38-53(39-45-61)55-41-49-74-68(51-55)63-29-15-18-34-72(63)82(74)59-26-11-4-12-27-59/h1-51H. The molecule has 0 bridgehead atoms. The summed E-state index contributed by atoms with van der Waals surface area (Å²) in [7, 11) is 0. The number of para-hydroxylation sites is 5. The fourth-order valence-corrected chi connectivity index (χ4v) is 14.0. The average Bonchev–Trinajstić information content (AvgIpc) is 2.01. The second-order valence-corrected chi connectivity index (χ2v) is 21.9. The summed E-state index contributed by atoms with van der Waals surface area (Å²) in [6, 6.07) is 113. The maximum Gasteiger partial charge on any atom is 0.159 e. The van der Waals surface area contributed by atoms with Gasteiger partial charge in [0.05, 0.1) is 33.2 Å². The number of fused-ring (bicyclic) bond motifs is 13. The van der Waals surface area contributed by atoms with Crippen molar-refractivity contribution in [3.63, 3.8) is 0 Å². The summed E-state index contributed by atoms with van der Waals surface area (Å²) in [6.45, 7) is 0. The van der Waals surface area contributed by atoms with Gasteiger partial charge in [0.25, 0.3) is 0 Å². The first-order valence-corrected chi connectivity index (χ1v) is 28.6. The molecule has 0 unspecified atom stereocenters. The van der Waals surface area contributed by atoms with Crippen molar-refractivity contribution in [2.24, 2.45) is 0 Å². The van der Waals surface area contributed by atoms with Gasteiger partial charge in [0, 0.05) is 60.6 Å². The van der Waals surface area contributed by atoms with Gasteiger partial charge in [0.15, 0.2) is 5.58 Å². The van der Waals surface area contributed by atoms with E-state index in [2.05, 4.69) is 323 Å². The lowest BCUT2D eigenvalue weighted by atomic mass is 9.68. The zero-order chi connectivity index (χ0) is 54.6. The maximum absolute atomic E-state index is 7.53. The van der Waals surface area contributed by atoms with Crippen LogP contribution in [0.25, 0.3) is 110 Å². The predicted molar refractivity (Wildman–Crippen MR) is 345 cm³/mol. The first kappa shape index (κ1) is 46.9. The molecule has 1 aliphatic carbocycles. The van der Waals surface area contributed by atoms with E-state index < -0.39 is 5.41 Å². The Balaban J connectivity index is 0.831. The minimum absolute atomic E-state index is 0.549. The van der Waals surface area contributed by atoms with Crippen molar-refractivity contribution in [1.29, 1.82) is 0 Å². The summed E-state index contributed by atoms with van der Waals surface area (Å²) in [5.41, 5.74) is 23.1. The van der Waals surface area contributed by atoms with Crippen LogP contribution in [-0.2, 0) is 5.41 Å². The predicted octanol–water partition coefficient (Wildman–Crippen LogP) is 20.9. The third-order valence-corrected chi connectivity index (χ3v) is 17.6. The Bertz CT molecular complexity index is 4930. The Morgan fingerprint density at radius 2 is 0.723 bits per heavy atom. The molecule has 0 spiro atoms. The topological polar surface area (TPSA) is 26.2 Å². The fraction of sp³-hybridized carbons (Fsp3) is 0.0127. The highest BCUT2D eigenvalue weighted by atomic mass is 16.3. The molecule has 0 N–H and O–H groups in total. The molecular formula is C79H51N3O. The van der Waals surface area contributed by atoms with Crippen molar-refractivity contribution < 1.29 is 4.42 Å². The van der Waals surface area contributed by atoms with E-state index in [1.165, 1.54) is 71.4 Å². The van der Waals surface area contributed by atoms with E-state index in [1.54, 1.807) is 0 Å². The molecule has 0 atom stereocenters. The van der Waals surface area contributed by atoms with Crippen molar-refractivity contribution in [1.82, 2.24) is 9.13 Å². The maximum atomic E-state index is 7.53. The van der Waals surface area contributed by atoms with Gasteiger partial charge in [-0.25, -0.2) is 0 Å². The van der Waals surface area contributed by atoms with Crippen LogP contribution in [-0.4, -0.2) is 9.13 Å². The Kier molecular flexibility index (Phi) is 10.5. The number of aromatic nitrogens is 2. The lowest BCUT2D eigenvalue weighted by Gasteiger charge is -2.33. The SMILES string of the molecule is c1ccc(-n2c3ccccc3c3cc(-c4ccc(N(c5ccc(-c6ccc7c(c6)c6ccccc6n7-c6ccccc6)cc5)c5cccc6c5oc5c7c(ccc56)C(c5ccccc5)(c5ccccc5)c5ccccc5-7)cc4)ccc32)cc1. The molecule has 3 heterocycles. The van der Waals surface area contributed by atoms with Crippen molar-refractivity contribution >= 4 is 82.6 Å². The van der Waals surface area contributed by atoms with Crippen LogP contribution in [0, 0.1) is 0 Å². The normalized spacial score (nSPS) is 12.7. The van der Waals surface area contributed by atoms with Gasteiger partial charge >= 0.3 is 0 Å². The van der Waals surface area contributed by atoms with Crippen LogP contribution in [0.5, 0.6) is 0 Å². The van der Waals surface area contributed by atoms with Gasteiger partial charge in [0.1, 0.15) is 5.58 Å². The lowest BCUT2D eigenvalue weighted by Crippen LogP contribution is -2.28. The first-order chi connectivity index (χ1) is 41.2. The molecule has 0 fully saturated rings. The van der Waals surface area contributed by atoms with E-state index in [1.807, 2.05) is 0 Å². The second kappa shape index (κ2) is 18.6. The number of furan rings is 1. The third-order valence-electron chi connectivity index (χ3n) is 17.6. The van der Waals surface area contributed by atoms with Gasteiger partial charge in [0.2, 0.25) is 0 Å². The molecular weight excluding hydrogens is 1010 g/mol. The van der Waals surface area contributed by atoms with E-state index in [4.69, 9.17) is 4.42 Å². The number of benzene rings is 13. The van der Waals surface area contributed by atoms with Gasteiger partial charge in [-0.15, -0.1) is 0 Å². The van der Waals surface area contributed by atoms with E-state index in [-0.39, 0.29) is 0 Å². The number of rotatable bonds is 9. The van der Waals surface area contributed by atoms with E-state index >= 15 is 0 Å². The lowest BCUT2D eigenvalue weighted by molar-refractivity contribution is 0.669. The minimum Gasteiger partial charge on any atom is -0.453 e. The summed E-state index contributed by atoms with van der Waals surface area (Å²) >= 11 is 0. The number of anilines is 3. The summed E-state index contributed by atoms with van der Waals surface area (Å²) in [6.07, 6.45) is 0. The monoisotopic (exact) mass is 1060 g/mol. The Morgan fingerprint density at radius 1 is 0.289 bits per heavy atom. The summed E-state index contributed by atoms with van der Waals surface area (Å²) in [5, 5.41) is 7.08. The summed E-state index contributed by atoms with van der Waals surface area (Å²) in [5.74, 6) is 0. The van der Waals surface area contributed by atoms with E-state index in [0.717, 1.165) is 78.2 Å². The quantitative estimate of drug-likeness (QED) is 0.144. The van der Waals surface area contributed by atoms with Crippen LogP contribution < -0.4 is 4.90 Å². The molecule has 0 radical (unpaired) electrons. The smallest absolute Gasteiger partial charge is 0.159 e. The molecule has 17 rings (SSSR count). The van der Waals surface area contributed by atoms with Crippen LogP contribution in [0.1, 0.15) is 22.3 Å². The highest BCUT2D eigenvalue weighted by molar-refractivity contribution is 6.16. The van der Waals surface area contributed by atoms with Crippen LogP contribution in [0.15, 0.2) is 314 Å². The molecule has 16 aromatic rings. The van der Waals surface area contributed by atoms with Crippen LogP contribution in [0.3, 0.4) is 0 Å². The molecule has 388 valence electrons. The van der Waals surface area contributed by atoms with Crippen LogP contribution in [0.2, 0.25) is 0 Å². The van der Waals surface area contributed by atoms with Crippen molar-refractivity contribution in [3.05, 3.63) is 332 Å². The molecule has 0 saturated heterocycles. The van der Waals surface area contributed by atoms with E-state index in [0.29, 0.717) is 0 Å². The molecule has 83 heavy (non-hydrogen) atoms. The first-order valence-electron chi connectivity index (χ1n) is 28.6. The molecule has 4 nitrogen and oxygen atoms in total. The van der Waals surface area contributed by atoms with Crippen molar-refractivity contribution in [3.8, 4) is 44.8 Å². The highest BCUT2D eigenvalue weighted by Crippen LogP contribution is 2.59. The fourth-order valence-electron chi connectivity index (χ4n) is 14.0. The molecule has 0 aliphatic heterocycles. The average molecular weight is 1060 g/mol. The van der Waals surface area contributed by atoms with Gasteiger partial charge in [-0.2, -0.15) is 0 Å².